The van der Waals surface area contributed by atoms with Crippen LogP contribution in [0.5, 0.6) is 5.75 Å². The van der Waals surface area contributed by atoms with Crippen LogP contribution in [0, 0.1) is 0 Å². The molecule has 0 aliphatic carbocycles. The Hall–Kier alpha value is -1.94. The second-order valence-corrected chi connectivity index (χ2v) is 5.62. The minimum atomic E-state index is 0.596. The smallest absolute Gasteiger partial charge is 0.137 e. The molecule has 0 aromatic carbocycles. The maximum Gasteiger partial charge on any atom is 0.137 e. The van der Waals surface area contributed by atoms with Gasteiger partial charge in [0.15, 0.2) is 0 Å². The highest BCUT2D eigenvalue weighted by Crippen LogP contribution is 2.20. The predicted molar refractivity (Wildman–Crippen MR) is 88.3 cm³/mol. The molecule has 120 valence electrons. The molecule has 0 unspecified atom stereocenters. The van der Waals surface area contributed by atoms with Crippen LogP contribution in [0.15, 0.2) is 23.4 Å². The number of aromatic nitrogens is 1. The van der Waals surface area contributed by atoms with Crippen molar-refractivity contribution in [3.63, 3.8) is 0 Å². The summed E-state index contributed by atoms with van der Waals surface area (Å²) in [5.74, 6) is 1.90. The molecule has 0 saturated carbocycles. The highest BCUT2D eigenvalue weighted by Gasteiger charge is 2.11. The Bertz CT molecular complexity index is 464. The molecule has 1 aliphatic rings. The maximum absolute atomic E-state index is 8.17. The summed E-state index contributed by atoms with van der Waals surface area (Å²) >= 11 is 0. The van der Waals surface area contributed by atoms with Gasteiger partial charge in [0.1, 0.15) is 11.6 Å². The lowest BCUT2D eigenvalue weighted by atomic mass is 10.1. The Kier molecular flexibility index (Phi) is 7.39. The first-order valence-corrected chi connectivity index (χ1v) is 8.25. The van der Waals surface area contributed by atoms with Crippen LogP contribution in [0.4, 0.5) is 5.82 Å². The largest absolute Gasteiger partial charge is 0.492 e. The van der Waals surface area contributed by atoms with E-state index in [1.54, 1.807) is 0 Å². The summed E-state index contributed by atoms with van der Waals surface area (Å²) in [4.78, 5) is 9.59. The van der Waals surface area contributed by atoms with Gasteiger partial charge in [-0.25, -0.2) is 4.98 Å². The molecule has 0 atom stereocenters. The third-order valence-electron chi connectivity index (χ3n) is 3.89. The van der Waals surface area contributed by atoms with Gasteiger partial charge in [-0.2, -0.15) is 0 Å². The van der Waals surface area contributed by atoms with Gasteiger partial charge in [0.05, 0.1) is 12.8 Å². The van der Waals surface area contributed by atoms with Crippen LogP contribution >= 0.6 is 0 Å². The molecule has 6 heteroatoms. The van der Waals surface area contributed by atoms with Crippen molar-refractivity contribution in [2.24, 2.45) is 5.11 Å². The first-order valence-electron chi connectivity index (χ1n) is 8.25. The first-order chi connectivity index (χ1) is 10.9. The fourth-order valence-electron chi connectivity index (χ4n) is 2.64. The number of hydrogen-bond acceptors (Lipinski definition) is 4. The van der Waals surface area contributed by atoms with E-state index in [-0.39, 0.29) is 0 Å². The van der Waals surface area contributed by atoms with Crippen LogP contribution < -0.4 is 9.64 Å². The third kappa shape index (κ3) is 5.82. The third-order valence-corrected chi connectivity index (χ3v) is 3.89. The number of pyridine rings is 1. The van der Waals surface area contributed by atoms with Crippen molar-refractivity contribution in [2.45, 2.75) is 44.9 Å². The van der Waals surface area contributed by atoms with Crippen LogP contribution in [0.1, 0.15) is 44.9 Å². The highest BCUT2D eigenvalue weighted by atomic mass is 16.5. The van der Waals surface area contributed by atoms with Gasteiger partial charge in [0, 0.05) is 24.5 Å². The maximum atomic E-state index is 8.17. The fourth-order valence-corrected chi connectivity index (χ4v) is 2.64. The summed E-state index contributed by atoms with van der Waals surface area (Å²) in [7, 11) is 0. The van der Waals surface area contributed by atoms with Gasteiger partial charge >= 0.3 is 0 Å². The molecular weight excluding hydrogens is 278 g/mol. The SMILES string of the molecule is [N-]=[N+]=NCCCCCCOc1ccc(N2CCCCC2)nc1. The van der Waals surface area contributed by atoms with E-state index >= 15 is 0 Å². The number of azide groups is 1. The normalized spacial score (nSPS) is 14.5. The summed E-state index contributed by atoms with van der Waals surface area (Å²) in [6.45, 7) is 3.54. The highest BCUT2D eigenvalue weighted by molar-refractivity contribution is 5.41. The van der Waals surface area contributed by atoms with E-state index in [1.165, 1.54) is 19.3 Å². The molecule has 2 rings (SSSR count). The summed E-state index contributed by atoms with van der Waals surface area (Å²) in [6, 6.07) is 4.07. The Balaban J connectivity index is 1.61. The van der Waals surface area contributed by atoms with Crippen LogP contribution in [0.3, 0.4) is 0 Å². The molecule has 0 radical (unpaired) electrons. The fraction of sp³-hybridized carbons (Fsp3) is 0.688. The summed E-state index contributed by atoms with van der Waals surface area (Å²) < 4.78 is 5.71. The zero-order chi connectivity index (χ0) is 15.5. The van der Waals surface area contributed by atoms with Crippen molar-refractivity contribution in [1.29, 1.82) is 0 Å². The summed E-state index contributed by atoms with van der Waals surface area (Å²) in [5, 5.41) is 3.52. The van der Waals surface area contributed by atoms with Crippen molar-refractivity contribution in [1.82, 2.24) is 4.98 Å². The van der Waals surface area contributed by atoms with Gasteiger partial charge in [0.2, 0.25) is 0 Å². The van der Waals surface area contributed by atoms with Gasteiger partial charge in [-0.05, 0) is 49.8 Å². The zero-order valence-corrected chi connectivity index (χ0v) is 13.2. The van der Waals surface area contributed by atoms with E-state index in [2.05, 4.69) is 26.0 Å². The van der Waals surface area contributed by atoms with Gasteiger partial charge < -0.3 is 9.64 Å². The number of rotatable bonds is 9. The van der Waals surface area contributed by atoms with Crippen molar-refractivity contribution in [3.8, 4) is 5.75 Å². The Labute approximate surface area is 132 Å². The Morgan fingerprint density at radius 2 is 1.95 bits per heavy atom. The molecule has 0 spiro atoms. The van der Waals surface area contributed by atoms with E-state index < -0.39 is 0 Å². The molecule has 0 bridgehead atoms. The average Bonchev–Trinajstić information content (AvgIpc) is 2.59. The molecular formula is C16H25N5O. The first kappa shape index (κ1) is 16.4. The lowest BCUT2D eigenvalue weighted by molar-refractivity contribution is 0.303. The monoisotopic (exact) mass is 303 g/mol. The summed E-state index contributed by atoms with van der Waals surface area (Å²) in [6.07, 6.45) is 9.83. The van der Waals surface area contributed by atoms with E-state index in [4.69, 9.17) is 10.3 Å². The second kappa shape index (κ2) is 9.90. The quantitative estimate of drug-likeness (QED) is 0.295. The number of piperidine rings is 1. The molecule has 22 heavy (non-hydrogen) atoms. The Morgan fingerprint density at radius 3 is 2.68 bits per heavy atom. The van der Waals surface area contributed by atoms with Crippen LogP contribution in [-0.4, -0.2) is 31.2 Å². The molecule has 2 heterocycles. The molecule has 1 saturated heterocycles. The van der Waals surface area contributed by atoms with Crippen molar-refractivity contribution in [3.05, 3.63) is 28.8 Å². The van der Waals surface area contributed by atoms with Crippen molar-refractivity contribution in [2.75, 3.05) is 31.1 Å². The number of ether oxygens (including phenoxy) is 1. The average molecular weight is 303 g/mol. The van der Waals surface area contributed by atoms with Gasteiger partial charge in [-0.3, -0.25) is 0 Å². The predicted octanol–water partition coefficient (Wildman–Crippen LogP) is 4.32. The van der Waals surface area contributed by atoms with E-state index in [9.17, 15) is 0 Å². The van der Waals surface area contributed by atoms with E-state index in [1.807, 2.05) is 12.3 Å². The molecule has 6 nitrogen and oxygen atoms in total. The number of hydrogen-bond donors (Lipinski definition) is 0. The van der Waals surface area contributed by atoms with Crippen LogP contribution in [-0.2, 0) is 0 Å². The molecule has 1 aliphatic heterocycles. The number of unbranched alkanes of at least 4 members (excludes halogenated alkanes) is 3. The molecule has 1 aromatic rings. The second-order valence-electron chi connectivity index (χ2n) is 5.62. The van der Waals surface area contributed by atoms with Crippen LogP contribution in [0.25, 0.3) is 10.4 Å². The van der Waals surface area contributed by atoms with Gasteiger partial charge in [-0.15, -0.1) is 0 Å². The van der Waals surface area contributed by atoms with Crippen LogP contribution in [0.2, 0.25) is 0 Å². The van der Waals surface area contributed by atoms with E-state index in [0.717, 1.165) is 50.3 Å². The standard InChI is InChI=1S/C16H25N5O/c17-20-19-10-4-1-2-7-13-22-15-8-9-16(18-14-15)21-11-5-3-6-12-21/h8-9,14H,1-7,10-13H2. The number of anilines is 1. The van der Waals surface area contributed by atoms with Crippen molar-refractivity contribution < 1.29 is 4.74 Å². The van der Waals surface area contributed by atoms with Gasteiger partial charge in [-0.1, -0.05) is 18.0 Å². The van der Waals surface area contributed by atoms with E-state index in [0.29, 0.717) is 13.2 Å². The molecule has 0 amide bonds. The lowest BCUT2D eigenvalue weighted by Crippen LogP contribution is -2.29. The molecule has 1 fully saturated rings. The Morgan fingerprint density at radius 1 is 1.14 bits per heavy atom. The molecule has 1 aromatic heterocycles. The van der Waals surface area contributed by atoms with Gasteiger partial charge in [0.25, 0.3) is 0 Å². The molecule has 0 N–H and O–H groups in total. The zero-order valence-electron chi connectivity index (χ0n) is 13.2. The number of nitrogens with zero attached hydrogens (tertiary/aromatic N) is 5. The van der Waals surface area contributed by atoms with Crippen molar-refractivity contribution >= 4 is 5.82 Å². The summed E-state index contributed by atoms with van der Waals surface area (Å²) in [5.41, 5.74) is 8.17. The lowest BCUT2D eigenvalue weighted by Gasteiger charge is -2.27. The topological polar surface area (TPSA) is 74.1 Å². The minimum Gasteiger partial charge on any atom is -0.492 e. The minimum absolute atomic E-state index is 0.596.